The van der Waals surface area contributed by atoms with E-state index in [0.29, 0.717) is 25.5 Å². The highest BCUT2D eigenvalue weighted by Gasteiger charge is 2.16. The van der Waals surface area contributed by atoms with Gasteiger partial charge in [0.25, 0.3) is 0 Å². The first kappa shape index (κ1) is 19.3. The van der Waals surface area contributed by atoms with Gasteiger partial charge in [0.15, 0.2) is 0 Å². The van der Waals surface area contributed by atoms with E-state index in [-0.39, 0.29) is 5.91 Å². The lowest BCUT2D eigenvalue weighted by molar-refractivity contribution is -0.121. The molecule has 0 bridgehead atoms. The number of nitrogens with zero attached hydrogens (tertiary/aromatic N) is 3. The number of rotatable bonds is 8. The van der Waals surface area contributed by atoms with Crippen molar-refractivity contribution in [2.45, 2.75) is 39.3 Å². The summed E-state index contributed by atoms with van der Waals surface area (Å²) in [6, 6.07) is 10.2. The zero-order valence-corrected chi connectivity index (χ0v) is 16.0. The van der Waals surface area contributed by atoms with Crippen LogP contribution >= 0.6 is 0 Å². The third-order valence-corrected chi connectivity index (χ3v) is 5.07. The van der Waals surface area contributed by atoms with Crippen LogP contribution in [0.2, 0.25) is 0 Å². The Kier molecular flexibility index (Phi) is 7.16. The Labute approximate surface area is 161 Å². The molecular weight excluding hydrogens is 338 g/mol. The second-order valence-electron chi connectivity index (χ2n) is 7.25. The molecule has 27 heavy (non-hydrogen) atoms. The number of carbonyl (C=O) groups excluding carboxylic acids is 1. The Bertz CT molecular complexity index is 714. The van der Waals surface area contributed by atoms with Crippen molar-refractivity contribution in [3.8, 4) is 0 Å². The van der Waals surface area contributed by atoms with Crippen LogP contribution in [0.4, 0.5) is 5.95 Å². The van der Waals surface area contributed by atoms with Crippen LogP contribution in [0.15, 0.2) is 42.7 Å². The van der Waals surface area contributed by atoms with Crippen molar-refractivity contribution < 1.29 is 4.79 Å². The molecule has 3 rings (SSSR count). The largest absolute Gasteiger partial charge is 0.354 e. The van der Waals surface area contributed by atoms with Gasteiger partial charge in [-0.2, -0.15) is 0 Å². The molecule has 1 aromatic carbocycles. The molecule has 0 saturated carbocycles. The van der Waals surface area contributed by atoms with Gasteiger partial charge in [0, 0.05) is 38.4 Å². The highest BCUT2D eigenvalue weighted by molar-refractivity contribution is 5.76. The Morgan fingerprint density at radius 3 is 2.56 bits per heavy atom. The van der Waals surface area contributed by atoms with Crippen molar-refractivity contribution in [2.75, 3.05) is 25.0 Å². The van der Waals surface area contributed by atoms with Gasteiger partial charge < -0.3 is 10.6 Å². The molecule has 1 aliphatic heterocycles. The fourth-order valence-electron chi connectivity index (χ4n) is 3.31. The van der Waals surface area contributed by atoms with Gasteiger partial charge in [0.05, 0.1) is 0 Å². The van der Waals surface area contributed by atoms with Gasteiger partial charge in [-0.25, -0.2) is 9.97 Å². The molecular formula is C21H29N5O. The van der Waals surface area contributed by atoms with Crippen LogP contribution in [0.25, 0.3) is 0 Å². The lowest BCUT2D eigenvalue weighted by Gasteiger charge is -2.30. The third-order valence-electron chi connectivity index (χ3n) is 5.07. The number of benzene rings is 1. The molecule has 6 heteroatoms. The Morgan fingerprint density at radius 2 is 1.81 bits per heavy atom. The van der Waals surface area contributed by atoms with Crippen molar-refractivity contribution >= 4 is 11.9 Å². The van der Waals surface area contributed by atoms with Crippen molar-refractivity contribution in [1.29, 1.82) is 0 Å². The Hall–Kier alpha value is -2.47. The van der Waals surface area contributed by atoms with Gasteiger partial charge in [-0.1, -0.05) is 31.2 Å². The monoisotopic (exact) mass is 367 g/mol. The standard InChI is InChI=1S/C21H29N5O/c1-17-8-13-26(14-9-17)16-19-6-3-2-5-18(19)15-25-20(27)7-12-24-21-22-10-4-11-23-21/h2-6,10-11,17H,7-9,12-16H2,1H3,(H,25,27)(H,22,23,24). The summed E-state index contributed by atoms with van der Waals surface area (Å²) < 4.78 is 0. The molecule has 1 aliphatic rings. The highest BCUT2D eigenvalue weighted by atomic mass is 16.1. The topological polar surface area (TPSA) is 70.2 Å². The maximum Gasteiger partial charge on any atom is 0.222 e. The van der Waals surface area contributed by atoms with Crippen molar-refractivity contribution in [2.24, 2.45) is 5.92 Å². The summed E-state index contributed by atoms with van der Waals surface area (Å²) >= 11 is 0. The number of hydrogen-bond donors (Lipinski definition) is 2. The average molecular weight is 367 g/mol. The van der Waals surface area contributed by atoms with Crippen LogP contribution in [0.5, 0.6) is 0 Å². The van der Waals surface area contributed by atoms with E-state index in [1.54, 1.807) is 18.5 Å². The van der Waals surface area contributed by atoms with E-state index in [1.807, 2.05) is 6.07 Å². The maximum atomic E-state index is 12.1. The van der Waals surface area contributed by atoms with Crippen LogP contribution in [0.1, 0.15) is 37.3 Å². The van der Waals surface area contributed by atoms with Crippen LogP contribution < -0.4 is 10.6 Å². The number of aromatic nitrogens is 2. The van der Waals surface area contributed by atoms with Crippen LogP contribution in [0, 0.1) is 5.92 Å². The molecule has 0 atom stereocenters. The minimum absolute atomic E-state index is 0.0278. The summed E-state index contributed by atoms with van der Waals surface area (Å²) in [6.07, 6.45) is 6.29. The number of likely N-dealkylation sites (tertiary alicyclic amines) is 1. The van der Waals surface area contributed by atoms with Crippen LogP contribution in [0.3, 0.4) is 0 Å². The number of amides is 1. The lowest BCUT2D eigenvalue weighted by Crippen LogP contribution is -2.33. The van der Waals surface area contributed by atoms with E-state index in [0.717, 1.165) is 25.6 Å². The van der Waals surface area contributed by atoms with Gasteiger partial charge in [-0.05, 0) is 49.0 Å². The summed E-state index contributed by atoms with van der Waals surface area (Å²) in [5.74, 6) is 1.41. The molecule has 1 aromatic heterocycles. The molecule has 0 radical (unpaired) electrons. The van der Waals surface area contributed by atoms with Crippen molar-refractivity contribution in [3.63, 3.8) is 0 Å². The average Bonchev–Trinajstić information content (AvgIpc) is 2.70. The van der Waals surface area contributed by atoms with E-state index >= 15 is 0 Å². The fraction of sp³-hybridized carbons (Fsp3) is 0.476. The lowest BCUT2D eigenvalue weighted by atomic mass is 9.98. The number of carbonyl (C=O) groups is 1. The van der Waals surface area contributed by atoms with E-state index in [4.69, 9.17) is 0 Å². The first-order valence-electron chi connectivity index (χ1n) is 9.77. The number of piperidine rings is 1. The predicted molar refractivity (Wildman–Crippen MR) is 107 cm³/mol. The quantitative estimate of drug-likeness (QED) is 0.751. The van der Waals surface area contributed by atoms with Gasteiger partial charge in [0.2, 0.25) is 11.9 Å². The van der Waals surface area contributed by atoms with Gasteiger partial charge >= 0.3 is 0 Å². The smallest absolute Gasteiger partial charge is 0.222 e. The van der Waals surface area contributed by atoms with E-state index in [2.05, 4.69) is 50.6 Å². The van der Waals surface area contributed by atoms with Gasteiger partial charge in [0.1, 0.15) is 0 Å². The minimum Gasteiger partial charge on any atom is -0.354 e. The molecule has 2 N–H and O–H groups in total. The number of hydrogen-bond acceptors (Lipinski definition) is 5. The minimum atomic E-state index is 0.0278. The number of anilines is 1. The molecule has 1 saturated heterocycles. The van der Waals surface area contributed by atoms with Gasteiger partial charge in [-0.15, -0.1) is 0 Å². The van der Waals surface area contributed by atoms with E-state index in [1.165, 1.54) is 24.0 Å². The first-order chi connectivity index (χ1) is 13.2. The first-order valence-corrected chi connectivity index (χ1v) is 9.77. The van der Waals surface area contributed by atoms with Crippen molar-refractivity contribution in [3.05, 3.63) is 53.9 Å². The summed E-state index contributed by atoms with van der Waals surface area (Å²) in [4.78, 5) is 22.8. The summed E-state index contributed by atoms with van der Waals surface area (Å²) in [5, 5.41) is 6.08. The zero-order chi connectivity index (χ0) is 18.9. The zero-order valence-electron chi connectivity index (χ0n) is 16.0. The van der Waals surface area contributed by atoms with Crippen LogP contribution in [-0.4, -0.2) is 40.4 Å². The van der Waals surface area contributed by atoms with Crippen LogP contribution in [-0.2, 0) is 17.9 Å². The molecule has 0 unspecified atom stereocenters. The highest BCUT2D eigenvalue weighted by Crippen LogP contribution is 2.19. The summed E-state index contributed by atoms with van der Waals surface area (Å²) in [5.41, 5.74) is 2.51. The molecule has 0 spiro atoms. The predicted octanol–water partition coefficient (Wildman–Crippen LogP) is 2.83. The Morgan fingerprint density at radius 1 is 1.11 bits per heavy atom. The summed E-state index contributed by atoms with van der Waals surface area (Å²) in [6.45, 7) is 6.71. The maximum absolute atomic E-state index is 12.1. The molecule has 144 valence electrons. The number of nitrogens with one attached hydrogen (secondary N) is 2. The van der Waals surface area contributed by atoms with E-state index in [9.17, 15) is 4.79 Å². The summed E-state index contributed by atoms with van der Waals surface area (Å²) in [7, 11) is 0. The fourth-order valence-corrected chi connectivity index (χ4v) is 3.31. The van der Waals surface area contributed by atoms with E-state index < -0.39 is 0 Å². The Balaban J connectivity index is 1.44. The normalized spacial score (nSPS) is 15.4. The third kappa shape index (κ3) is 6.32. The van der Waals surface area contributed by atoms with Crippen molar-refractivity contribution in [1.82, 2.24) is 20.2 Å². The molecule has 0 aliphatic carbocycles. The SMILES string of the molecule is CC1CCN(Cc2ccccc2CNC(=O)CCNc2ncccn2)CC1. The molecule has 2 heterocycles. The molecule has 6 nitrogen and oxygen atoms in total. The molecule has 1 fully saturated rings. The second-order valence-corrected chi connectivity index (χ2v) is 7.25. The molecule has 2 aromatic rings. The molecule has 1 amide bonds. The second kappa shape index (κ2) is 10.0. The van der Waals surface area contributed by atoms with Gasteiger partial charge in [-0.3, -0.25) is 9.69 Å².